The first-order valence-electron chi connectivity index (χ1n) is 6.56. The van der Waals surface area contributed by atoms with Gasteiger partial charge in [0.15, 0.2) is 0 Å². The van der Waals surface area contributed by atoms with Gasteiger partial charge in [-0.3, -0.25) is 4.79 Å². The minimum Gasteiger partial charge on any atom is -0.299 e. The van der Waals surface area contributed by atoms with Gasteiger partial charge in [0.05, 0.1) is 5.02 Å². The van der Waals surface area contributed by atoms with Gasteiger partial charge in [0, 0.05) is 12.3 Å². The lowest BCUT2D eigenvalue weighted by atomic mass is 9.77. The van der Waals surface area contributed by atoms with E-state index in [-0.39, 0.29) is 10.9 Å². The molecule has 0 aliphatic heterocycles. The quantitative estimate of drug-likeness (QED) is 0.793. The number of halogens is 2. The lowest BCUT2D eigenvalue weighted by Crippen LogP contribution is -2.26. The van der Waals surface area contributed by atoms with Crippen molar-refractivity contribution >= 4 is 17.4 Å². The Hall–Kier alpha value is -0.890. The number of Topliss-reactive ketones (excluding diaryl/α,β-unsaturated/α-hetero) is 1. The van der Waals surface area contributed by atoms with Crippen molar-refractivity contribution in [1.29, 1.82) is 0 Å². The lowest BCUT2D eigenvalue weighted by molar-refractivity contribution is -0.125. The molecule has 2 atom stereocenters. The monoisotopic (exact) mass is 268 g/mol. The highest BCUT2D eigenvalue weighted by molar-refractivity contribution is 6.30. The van der Waals surface area contributed by atoms with Crippen LogP contribution in [0.2, 0.25) is 5.02 Å². The molecule has 0 spiro atoms. The van der Waals surface area contributed by atoms with E-state index in [9.17, 15) is 9.18 Å². The second-order valence-corrected chi connectivity index (χ2v) is 5.57. The van der Waals surface area contributed by atoms with Gasteiger partial charge >= 0.3 is 0 Å². The zero-order chi connectivity index (χ0) is 13.1. The van der Waals surface area contributed by atoms with E-state index in [1.807, 2.05) is 0 Å². The number of hydrogen-bond acceptors (Lipinski definition) is 1. The third kappa shape index (κ3) is 3.11. The molecule has 0 N–H and O–H groups in total. The maximum absolute atomic E-state index is 13.1. The molecule has 2 rings (SSSR count). The van der Waals surface area contributed by atoms with Gasteiger partial charge in [-0.15, -0.1) is 0 Å². The molecule has 2 unspecified atom stereocenters. The van der Waals surface area contributed by atoms with Crippen LogP contribution in [0, 0.1) is 17.7 Å². The molecule has 1 aromatic rings. The predicted octanol–water partition coefficient (Wildman–Crippen LogP) is 4.42. The van der Waals surface area contributed by atoms with Crippen LogP contribution in [0.15, 0.2) is 18.2 Å². The summed E-state index contributed by atoms with van der Waals surface area (Å²) in [4.78, 5) is 11.9. The van der Waals surface area contributed by atoms with E-state index in [0.29, 0.717) is 24.5 Å². The first-order chi connectivity index (χ1) is 8.60. The molecule has 1 aliphatic carbocycles. The maximum atomic E-state index is 13.1. The Labute approximate surface area is 112 Å². The van der Waals surface area contributed by atoms with E-state index in [2.05, 4.69) is 6.92 Å². The number of hydrogen-bond donors (Lipinski definition) is 0. The molecule has 0 saturated heterocycles. The van der Waals surface area contributed by atoms with E-state index in [1.165, 1.54) is 6.07 Å². The van der Waals surface area contributed by atoms with Crippen LogP contribution in [0.5, 0.6) is 0 Å². The average molecular weight is 269 g/mol. The van der Waals surface area contributed by atoms with Crippen molar-refractivity contribution in [2.24, 2.45) is 11.8 Å². The number of benzene rings is 1. The van der Waals surface area contributed by atoms with Gasteiger partial charge in [-0.25, -0.2) is 4.39 Å². The van der Waals surface area contributed by atoms with Crippen molar-refractivity contribution in [3.8, 4) is 0 Å². The topological polar surface area (TPSA) is 17.1 Å². The van der Waals surface area contributed by atoms with E-state index in [0.717, 1.165) is 24.8 Å². The molecule has 1 aliphatic rings. The van der Waals surface area contributed by atoms with Gasteiger partial charge in [0.1, 0.15) is 11.6 Å². The highest BCUT2D eigenvalue weighted by Gasteiger charge is 2.27. The number of carbonyl (C=O) groups is 1. The smallest absolute Gasteiger partial charge is 0.141 e. The van der Waals surface area contributed by atoms with Crippen LogP contribution in [0.4, 0.5) is 4.39 Å². The number of carbonyl (C=O) groups excluding carboxylic acids is 1. The molecule has 98 valence electrons. The van der Waals surface area contributed by atoms with Gasteiger partial charge in [-0.1, -0.05) is 31.0 Å². The third-order valence-corrected chi connectivity index (χ3v) is 4.21. The van der Waals surface area contributed by atoms with E-state index in [1.54, 1.807) is 12.1 Å². The normalized spacial score (nSPS) is 24.3. The molecule has 1 nitrogen and oxygen atoms in total. The summed E-state index contributed by atoms with van der Waals surface area (Å²) in [6.45, 7) is 2.17. The zero-order valence-electron chi connectivity index (χ0n) is 10.6. The fraction of sp³-hybridized carbons (Fsp3) is 0.533. The first-order valence-corrected chi connectivity index (χ1v) is 6.94. The van der Waals surface area contributed by atoms with E-state index in [4.69, 9.17) is 11.6 Å². The largest absolute Gasteiger partial charge is 0.299 e. The summed E-state index contributed by atoms with van der Waals surface area (Å²) in [5, 5.41) is 0.141. The molecule has 0 heterocycles. The van der Waals surface area contributed by atoms with Gasteiger partial charge < -0.3 is 0 Å². The summed E-state index contributed by atoms with van der Waals surface area (Å²) in [6.07, 6.45) is 4.50. The van der Waals surface area contributed by atoms with E-state index >= 15 is 0 Å². The van der Waals surface area contributed by atoms with Crippen molar-refractivity contribution in [2.75, 3.05) is 0 Å². The summed E-state index contributed by atoms with van der Waals surface area (Å²) < 4.78 is 13.1. The molecule has 1 fully saturated rings. The minimum absolute atomic E-state index is 0.0882. The SMILES string of the molecule is CCC1CCC(=O)C(Cc2ccc(F)c(Cl)c2)C1. The Balaban J connectivity index is 2.07. The van der Waals surface area contributed by atoms with E-state index < -0.39 is 5.82 Å². The van der Waals surface area contributed by atoms with Crippen molar-refractivity contribution in [3.63, 3.8) is 0 Å². The number of ketones is 1. The molecule has 0 amide bonds. The Bertz CT molecular complexity index is 444. The van der Waals surface area contributed by atoms with Crippen LogP contribution in [0.3, 0.4) is 0 Å². The summed E-state index contributed by atoms with van der Waals surface area (Å²) in [5.74, 6) is 0.691. The molecule has 3 heteroatoms. The third-order valence-electron chi connectivity index (χ3n) is 3.92. The summed E-state index contributed by atoms with van der Waals surface area (Å²) >= 11 is 5.76. The Morgan fingerprint density at radius 2 is 2.22 bits per heavy atom. The van der Waals surface area contributed by atoms with Crippen LogP contribution in [-0.4, -0.2) is 5.78 Å². The Morgan fingerprint density at radius 3 is 2.89 bits per heavy atom. The Kier molecular flexibility index (Phi) is 4.39. The number of rotatable bonds is 3. The van der Waals surface area contributed by atoms with Crippen LogP contribution < -0.4 is 0 Å². The van der Waals surface area contributed by atoms with Crippen LogP contribution in [0.1, 0.15) is 38.2 Å². The standard InChI is InChI=1S/C15H18ClFO/c1-2-10-4-6-15(18)12(7-10)8-11-3-5-14(17)13(16)9-11/h3,5,9-10,12H,2,4,6-8H2,1H3. The maximum Gasteiger partial charge on any atom is 0.141 e. The molecule has 0 radical (unpaired) electrons. The second-order valence-electron chi connectivity index (χ2n) is 5.16. The zero-order valence-corrected chi connectivity index (χ0v) is 11.3. The van der Waals surface area contributed by atoms with Gasteiger partial charge in [0.25, 0.3) is 0 Å². The van der Waals surface area contributed by atoms with Gasteiger partial charge in [0.2, 0.25) is 0 Å². The highest BCUT2D eigenvalue weighted by atomic mass is 35.5. The van der Waals surface area contributed by atoms with Crippen LogP contribution in [-0.2, 0) is 11.2 Å². The lowest BCUT2D eigenvalue weighted by Gasteiger charge is -2.27. The summed E-state index contributed by atoms with van der Waals surface area (Å²) in [7, 11) is 0. The van der Waals surface area contributed by atoms with Gasteiger partial charge in [-0.2, -0.15) is 0 Å². The minimum atomic E-state index is -0.401. The first kappa shape index (κ1) is 13.5. The van der Waals surface area contributed by atoms with Gasteiger partial charge in [-0.05, 0) is 42.9 Å². The average Bonchev–Trinajstić information content (AvgIpc) is 2.36. The Morgan fingerprint density at radius 1 is 1.44 bits per heavy atom. The molecule has 1 saturated carbocycles. The van der Waals surface area contributed by atoms with Crippen molar-refractivity contribution in [2.45, 2.75) is 39.0 Å². The van der Waals surface area contributed by atoms with Crippen LogP contribution in [0.25, 0.3) is 0 Å². The van der Waals surface area contributed by atoms with Crippen molar-refractivity contribution < 1.29 is 9.18 Å². The van der Waals surface area contributed by atoms with Crippen LogP contribution >= 0.6 is 11.6 Å². The van der Waals surface area contributed by atoms with Crippen molar-refractivity contribution in [3.05, 3.63) is 34.6 Å². The molecular formula is C15H18ClFO. The predicted molar refractivity (Wildman–Crippen MR) is 71.2 cm³/mol. The molecule has 1 aromatic carbocycles. The molecule has 0 aromatic heterocycles. The summed E-state index contributed by atoms with van der Waals surface area (Å²) in [6, 6.07) is 4.74. The highest BCUT2D eigenvalue weighted by Crippen LogP contribution is 2.31. The second kappa shape index (κ2) is 5.83. The molecule has 18 heavy (non-hydrogen) atoms. The molecule has 0 bridgehead atoms. The fourth-order valence-corrected chi connectivity index (χ4v) is 2.92. The summed E-state index contributed by atoms with van der Waals surface area (Å²) in [5.41, 5.74) is 0.955. The fourth-order valence-electron chi connectivity index (χ4n) is 2.72. The van der Waals surface area contributed by atoms with Crippen molar-refractivity contribution in [1.82, 2.24) is 0 Å². The molecular weight excluding hydrogens is 251 g/mol.